The Morgan fingerprint density at radius 2 is 1.89 bits per heavy atom. The molecule has 1 heterocycles. The fraction of sp³-hybridized carbons (Fsp3) is 0.458. The van der Waals surface area contributed by atoms with E-state index in [2.05, 4.69) is 11.8 Å². The minimum absolute atomic E-state index is 0.103. The van der Waals surface area contributed by atoms with E-state index >= 15 is 0 Å². The minimum Gasteiger partial charge on any atom is -0.341 e. The van der Waals surface area contributed by atoms with Crippen LogP contribution in [0.4, 0.5) is 4.39 Å². The zero-order chi connectivity index (χ0) is 20.1. The third kappa shape index (κ3) is 5.41. The Labute approximate surface area is 168 Å². The van der Waals surface area contributed by atoms with Crippen molar-refractivity contribution in [2.75, 3.05) is 33.2 Å². The Balaban J connectivity index is 1.51. The number of piperidine rings is 1. The third-order valence-electron chi connectivity index (χ3n) is 5.87. The second-order valence-electron chi connectivity index (χ2n) is 8.17. The van der Waals surface area contributed by atoms with Gasteiger partial charge in [0.15, 0.2) is 0 Å². The molecule has 150 valence electrons. The number of carbonyl (C=O) groups excluding carboxylic acids is 1. The summed E-state index contributed by atoms with van der Waals surface area (Å²) < 4.78 is 13.0. The van der Waals surface area contributed by atoms with E-state index in [4.69, 9.17) is 0 Å². The molecule has 1 fully saturated rings. The molecule has 0 radical (unpaired) electrons. The van der Waals surface area contributed by atoms with Crippen molar-refractivity contribution < 1.29 is 9.18 Å². The van der Waals surface area contributed by atoms with Gasteiger partial charge in [-0.1, -0.05) is 18.2 Å². The van der Waals surface area contributed by atoms with E-state index in [1.165, 1.54) is 29.7 Å². The van der Waals surface area contributed by atoms with Crippen molar-refractivity contribution in [3.8, 4) is 0 Å². The number of benzene rings is 2. The fourth-order valence-corrected chi connectivity index (χ4v) is 4.01. The summed E-state index contributed by atoms with van der Waals surface area (Å²) in [4.78, 5) is 17.1. The number of aryl methyl sites for hydroxylation is 2. The zero-order valence-corrected chi connectivity index (χ0v) is 17.2. The van der Waals surface area contributed by atoms with Gasteiger partial charge in [-0.05, 0) is 86.5 Å². The second-order valence-corrected chi connectivity index (χ2v) is 8.17. The van der Waals surface area contributed by atoms with Gasteiger partial charge < -0.3 is 9.80 Å². The van der Waals surface area contributed by atoms with Crippen LogP contribution in [0.3, 0.4) is 0 Å². The predicted molar refractivity (Wildman–Crippen MR) is 112 cm³/mol. The highest BCUT2D eigenvalue weighted by Crippen LogP contribution is 2.19. The number of nitrogens with zero attached hydrogens (tertiary/aromatic N) is 2. The lowest BCUT2D eigenvalue weighted by molar-refractivity contribution is 0.0730. The molecule has 1 saturated heterocycles. The fourth-order valence-electron chi connectivity index (χ4n) is 4.01. The summed E-state index contributed by atoms with van der Waals surface area (Å²) in [6.07, 6.45) is 3.27. The molecule has 0 N–H and O–H groups in total. The van der Waals surface area contributed by atoms with Gasteiger partial charge in [0, 0.05) is 32.2 Å². The summed E-state index contributed by atoms with van der Waals surface area (Å²) in [5.41, 5.74) is 4.31. The van der Waals surface area contributed by atoms with E-state index in [-0.39, 0.29) is 11.7 Å². The van der Waals surface area contributed by atoms with Crippen LogP contribution in [-0.2, 0) is 6.42 Å². The average molecular weight is 383 g/mol. The van der Waals surface area contributed by atoms with E-state index in [0.717, 1.165) is 50.1 Å². The molecule has 2 aromatic rings. The number of carbonyl (C=O) groups is 1. The first-order valence-electron chi connectivity index (χ1n) is 10.2. The number of likely N-dealkylation sites (tertiary alicyclic amines) is 1. The van der Waals surface area contributed by atoms with Gasteiger partial charge in [-0.3, -0.25) is 4.79 Å². The van der Waals surface area contributed by atoms with E-state index in [1.807, 2.05) is 49.2 Å². The monoisotopic (exact) mass is 382 g/mol. The van der Waals surface area contributed by atoms with Crippen molar-refractivity contribution in [2.45, 2.75) is 33.1 Å². The van der Waals surface area contributed by atoms with Crippen molar-refractivity contribution in [2.24, 2.45) is 5.92 Å². The van der Waals surface area contributed by atoms with Crippen molar-refractivity contribution in [1.82, 2.24) is 9.80 Å². The Bertz CT molecular complexity index is 803. The summed E-state index contributed by atoms with van der Waals surface area (Å²) in [5.74, 6) is 0.423. The Hall–Kier alpha value is -2.20. The molecule has 3 nitrogen and oxygen atoms in total. The standard InChI is InChI=1S/C24H31FN2O/c1-18-6-9-22(15-19(18)2)24(28)26(3)16-21-5-4-13-27(17-21)14-12-20-7-10-23(25)11-8-20/h6-11,15,21H,4-5,12-14,16-17H2,1-3H3. The van der Waals surface area contributed by atoms with Crippen LogP contribution < -0.4 is 0 Å². The Morgan fingerprint density at radius 3 is 2.61 bits per heavy atom. The van der Waals surface area contributed by atoms with Crippen LogP contribution in [0, 0.1) is 25.6 Å². The van der Waals surface area contributed by atoms with E-state index in [1.54, 1.807) is 0 Å². The van der Waals surface area contributed by atoms with Crippen LogP contribution in [0.25, 0.3) is 0 Å². The first kappa shape index (κ1) is 20.5. The molecule has 2 aromatic carbocycles. The van der Waals surface area contributed by atoms with Crippen LogP contribution >= 0.6 is 0 Å². The summed E-state index contributed by atoms with van der Waals surface area (Å²) >= 11 is 0. The number of hydrogen-bond donors (Lipinski definition) is 0. The van der Waals surface area contributed by atoms with Gasteiger partial charge in [-0.15, -0.1) is 0 Å². The molecule has 1 atom stereocenters. The van der Waals surface area contributed by atoms with Crippen molar-refractivity contribution >= 4 is 5.91 Å². The molecule has 0 spiro atoms. The highest BCUT2D eigenvalue weighted by atomic mass is 19.1. The van der Waals surface area contributed by atoms with Gasteiger partial charge in [0.2, 0.25) is 0 Å². The highest BCUT2D eigenvalue weighted by molar-refractivity contribution is 5.94. The van der Waals surface area contributed by atoms with E-state index in [9.17, 15) is 9.18 Å². The predicted octanol–water partition coefficient (Wildman–Crippen LogP) is 4.47. The van der Waals surface area contributed by atoms with Crippen LogP contribution in [0.15, 0.2) is 42.5 Å². The lowest BCUT2D eigenvalue weighted by Crippen LogP contribution is -2.42. The lowest BCUT2D eigenvalue weighted by Gasteiger charge is -2.34. The van der Waals surface area contributed by atoms with Crippen LogP contribution in [0.5, 0.6) is 0 Å². The van der Waals surface area contributed by atoms with Gasteiger partial charge in [0.1, 0.15) is 5.82 Å². The van der Waals surface area contributed by atoms with Crippen molar-refractivity contribution in [3.63, 3.8) is 0 Å². The first-order valence-corrected chi connectivity index (χ1v) is 10.2. The normalized spacial score (nSPS) is 17.5. The summed E-state index contributed by atoms with van der Waals surface area (Å²) in [6, 6.07) is 12.7. The zero-order valence-electron chi connectivity index (χ0n) is 17.2. The molecular formula is C24H31FN2O. The number of amides is 1. The molecule has 0 aliphatic carbocycles. The highest BCUT2D eigenvalue weighted by Gasteiger charge is 2.23. The van der Waals surface area contributed by atoms with Crippen LogP contribution in [0.2, 0.25) is 0 Å². The molecule has 3 rings (SSSR count). The first-order chi connectivity index (χ1) is 13.4. The quantitative estimate of drug-likeness (QED) is 0.736. The molecule has 1 aliphatic rings. The molecule has 4 heteroatoms. The third-order valence-corrected chi connectivity index (χ3v) is 5.87. The second kappa shape index (κ2) is 9.33. The smallest absolute Gasteiger partial charge is 0.253 e. The average Bonchev–Trinajstić information content (AvgIpc) is 2.69. The molecule has 0 aromatic heterocycles. The number of halogens is 1. The molecular weight excluding hydrogens is 351 g/mol. The Kier molecular flexibility index (Phi) is 6.84. The topological polar surface area (TPSA) is 23.6 Å². The van der Waals surface area contributed by atoms with Crippen LogP contribution in [0.1, 0.15) is 39.9 Å². The van der Waals surface area contributed by atoms with Crippen molar-refractivity contribution in [1.29, 1.82) is 0 Å². The largest absolute Gasteiger partial charge is 0.341 e. The lowest BCUT2D eigenvalue weighted by atomic mass is 9.96. The Morgan fingerprint density at radius 1 is 1.14 bits per heavy atom. The minimum atomic E-state index is -0.182. The summed E-state index contributed by atoms with van der Waals surface area (Å²) in [6.45, 7) is 8.01. The van der Waals surface area contributed by atoms with Crippen molar-refractivity contribution in [3.05, 3.63) is 70.5 Å². The maximum Gasteiger partial charge on any atom is 0.253 e. The number of rotatable bonds is 6. The summed E-state index contributed by atoms with van der Waals surface area (Å²) in [7, 11) is 1.91. The van der Waals surface area contributed by atoms with Crippen LogP contribution in [-0.4, -0.2) is 48.9 Å². The molecule has 1 unspecified atom stereocenters. The maximum atomic E-state index is 13.0. The number of hydrogen-bond acceptors (Lipinski definition) is 2. The molecule has 1 aliphatic heterocycles. The van der Waals surface area contributed by atoms with Gasteiger partial charge in [-0.25, -0.2) is 4.39 Å². The van der Waals surface area contributed by atoms with Gasteiger partial charge in [0.05, 0.1) is 0 Å². The maximum absolute atomic E-state index is 13.0. The molecule has 28 heavy (non-hydrogen) atoms. The van der Waals surface area contributed by atoms with Gasteiger partial charge >= 0.3 is 0 Å². The van der Waals surface area contributed by atoms with E-state index in [0.29, 0.717) is 5.92 Å². The van der Waals surface area contributed by atoms with E-state index < -0.39 is 0 Å². The molecule has 0 saturated carbocycles. The summed E-state index contributed by atoms with van der Waals surface area (Å²) in [5, 5.41) is 0. The molecule has 1 amide bonds. The van der Waals surface area contributed by atoms with Gasteiger partial charge in [0.25, 0.3) is 5.91 Å². The SMILES string of the molecule is Cc1ccc(C(=O)N(C)CC2CCCN(CCc3ccc(F)cc3)C2)cc1C. The molecule has 0 bridgehead atoms. The van der Waals surface area contributed by atoms with Gasteiger partial charge in [-0.2, -0.15) is 0 Å².